The molecule has 0 radical (unpaired) electrons. The van der Waals surface area contributed by atoms with Crippen LogP contribution in [0.15, 0.2) is 24.3 Å². The minimum absolute atomic E-state index is 0. The molecule has 0 spiro atoms. The minimum atomic E-state index is -0.644. The second kappa shape index (κ2) is 12.8. The maximum Gasteiger partial charge on any atom is 2.00 e. The second-order valence-corrected chi connectivity index (χ2v) is 11.2. The Morgan fingerprint density at radius 3 is 1.36 bits per heavy atom. The summed E-state index contributed by atoms with van der Waals surface area (Å²) in [6.45, 7) is 17.4. The molecule has 0 aliphatic carbocycles. The zero-order chi connectivity index (χ0) is 29.5. The summed E-state index contributed by atoms with van der Waals surface area (Å²) in [5.74, 6) is 0.0987. The molecule has 0 N–H and O–H groups in total. The average molecular weight is 614 g/mol. The van der Waals surface area contributed by atoms with Crippen LogP contribution in [0.5, 0.6) is 0 Å². The molecule has 0 aromatic carbocycles. The van der Waals surface area contributed by atoms with Gasteiger partial charge >= 0.3 is 19.5 Å². The van der Waals surface area contributed by atoms with Crippen LogP contribution in [0, 0.1) is 0 Å². The van der Waals surface area contributed by atoms with Gasteiger partial charge in [0.2, 0.25) is 0 Å². The molecule has 6 heteroatoms. The third kappa shape index (κ3) is 4.94. The number of nitrogens with zero attached hydrogens (tertiary/aromatic N) is 4. The molecule has 2 aromatic rings. The molecular formula is C36H44N4OZn. The summed E-state index contributed by atoms with van der Waals surface area (Å²) < 4.78 is 0. The predicted molar refractivity (Wildman–Crippen MR) is 170 cm³/mol. The van der Waals surface area contributed by atoms with Gasteiger partial charge in [0, 0.05) is 5.41 Å². The van der Waals surface area contributed by atoms with Crippen molar-refractivity contribution in [1.82, 2.24) is 19.9 Å². The van der Waals surface area contributed by atoms with E-state index in [1.165, 1.54) is 33.4 Å². The monoisotopic (exact) mass is 612 g/mol. The number of carbonyl (C=O) groups excluding carboxylic acids is 1. The third-order valence-electron chi connectivity index (χ3n) is 9.49. The van der Waals surface area contributed by atoms with E-state index in [1.54, 1.807) is 0 Å². The van der Waals surface area contributed by atoms with Crippen LogP contribution in [-0.2, 0) is 37.7 Å². The smallest absolute Gasteiger partial charge is 0.657 e. The molecule has 5 rings (SSSR count). The van der Waals surface area contributed by atoms with Gasteiger partial charge in [-0.05, 0) is 79.7 Å². The quantitative estimate of drug-likeness (QED) is 0.278. The zero-order valence-corrected chi connectivity index (χ0v) is 29.8. The number of rotatable bonds is 8. The first kappa shape index (κ1) is 32.1. The van der Waals surface area contributed by atoms with Gasteiger partial charge in [0.15, 0.2) is 0 Å². The molecule has 8 bridgehead atoms. The Labute approximate surface area is 264 Å². The summed E-state index contributed by atoms with van der Waals surface area (Å²) in [4.78, 5) is 34.7. The van der Waals surface area contributed by atoms with E-state index in [1.807, 2.05) is 6.07 Å². The van der Waals surface area contributed by atoms with Crippen LogP contribution in [0.25, 0.3) is 33.3 Å². The van der Waals surface area contributed by atoms with Crippen LogP contribution in [-0.4, -0.2) is 15.8 Å². The maximum atomic E-state index is 14.1. The van der Waals surface area contributed by atoms with Crippen molar-refractivity contribution in [3.8, 4) is 0 Å². The molecule has 5 nitrogen and oxygen atoms in total. The van der Waals surface area contributed by atoms with E-state index in [9.17, 15) is 4.79 Å². The molecule has 0 amide bonds. The first-order valence-electron chi connectivity index (χ1n) is 15.8. The molecule has 0 unspecified atom stereocenters. The van der Waals surface area contributed by atoms with Crippen LogP contribution in [0.2, 0.25) is 0 Å². The van der Waals surface area contributed by atoms with Crippen molar-refractivity contribution in [2.45, 2.75) is 112 Å². The van der Waals surface area contributed by atoms with Crippen LogP contribution in [0.3, 0.4) is 0 Å². The fraction of sp³-hybridized carbons (Fsp3) is 0.472. The van der Waals surface area contributed by atoms with Gasteiger partial charge < -0.3 is 9.97 Å². The summed E-state index contributed by atoms with van der Waals surface area (Å²) >= 11 is 0. The summed E-state index contributed by atoms with van der Waals surface area (Å²) in [5.41, 5.74) is 14.0. The predicted octanol–water partition coefficient (Wildman–Crippen LogP) is 8.82. The van der Waals surface area contributed by atoms with Gasteiger partial charge in [-0.15, -0.1) is 16.7 Å². The van der Waals surface area contributed by atoms with Crippen molar-refractivity contribution in [1.29, 1.82) is 0 Å². The van der Waals surface area contributed by atoms with Crippen molar-refractivity contribution >= 4 is 39.1 Å². The number of aromatic nitrogens is 4. The Balaban J connectivity index is 0.00000405. The summed E-state index contributed by atoms with van der Waals surface area (Å²) in [7, 11) is 0. The number of allylic oxidation sites excluding steroid dienone is 4. The Bertz CT molecular complexity index is 1650. The number of ketones is 1. The van der Waals surface area contributed by atoms with Crippen molar-refractivity contribution in [2.24, 2.45) is 0 Å². The van der Waals surface area contributed by atoms with E-state index in [-0.39, 0.29) is 25.3 Å². The number of aryl methyl sites for hydroxylation is 2. The van der Waals surface area contributed by atoms with E-state index in [4.69, 9.17) is 19.9 Å². The molecular weight excluding hydrogens is 570 g/mol. The van der Waals surface area contributed by atoms with Crippen molar-refractivity contribution in [3.63, 3.8) is 0 Å². The number of hydrogen-bond donors (Lipinski definition) is 0. The van der Waals surface area contributed by atoms with Crippen LogP contribution in [0.4, 0.5) is 0 Å². The van der Waals surface area contributed by atoms with E-state index in [2.05, 4.69) is 73.6 Å². The van der Waals surface area contributed by atoms with Gasteiger partial charge in [0.05, 0.1) is 22.8 Å². The van der Waals surface area contributed by atoms with Crippen LogP contribution >= 0.6 is 0 Å². The summed E-state index contributed by atoms with van der Waals surface area (Å²) in [5, 5.41) is 0. The first-order valence-corrected chi connectivity index (χ1v) is 15.8. The molecule has 0 saturated heterocycles. The minimum Gasteiger partial charge on any atom is -0.657 e. The Morgan fingerprint density at radius 2 is 0.976 bits per heavy atom. The third-order valence-corrected chi connectivity index (χ3v) is 9.49. The number of fused-ring (bicyclic) bond motifs is 8. The summed E-state index contributed by atoms with van der Waals surface area (Å²) in [6.07, 6.45) is 6.70. The molecule has 216 valence electrons. The number of Topliss-reactive ketones (excluding diaryl/α,β-unsaturated/α-hetero) is 1. The van der Waals surface area contributed by atoms with Gasteiger partial charge in [-0.25, -0.2) is 9.97 Å². The molecule has 42 heavy (non-hydrogen) atoms. The standard InChI is InChI=1S/C36H45N4O.Zn/c1-9-21-22(10-2)28-18-30-25(13-5)26(14-6)32(39-30)20-34-36(15-7,16-8)35(41)33(40-34)19-31-24(12-4)23(11-3)29(38-31)17-27(21)37-28;/h17-20H,9-16H2,1-8H3,(H-,37,38,39,40,41);/q-1;+2/p-1. The van der Waals surface area contributed by atoms with Gasteiger partial charge in [-0.1, -0.05) is 90.4 Å². The summed E-state index contributed by atoms with van der Waals surface area (Å²) in [6, 6.07) is 8.41. The molecule has 0 atom stereocenters. The average Bonchev–Trinajstić information content (AvgIpc) is 3.67. The molecule has 0 saturated carbocycles. The normalized spacial score (nSPS) is 15.3. The van der Waals surface area contributed by atoms with Gasteiger partial charge in [0.1, 0.15) is 5.78 Å². The van der Waals surface area contributed by atoms with E-state index < -0.39 is 5.41 Å². The Hall–Kier alpha value is -2.85. The molecule has 0 fully saturated rings. The fourth-order valence-corrected chi connectivity index (χ4v) is 7.17. The topological polar surface area (TPSA) is 71.1 Å². The van der Waals surface area contributed by atoms with Gasteiger partial charge in [-0.3, -0.25) is 4.79 Å². The number of hydrogen-bond acceptors (Lipinski definition) is 3. The molecule has 5 heterocycles. The largest absolute Gasteiger partial charge is 2.00 e. The Morgan fingerprint density at radius 1 is 0.571 bits per heavy atom. The second-order valence-electron chi connectivity index (χ2n) is 11.2. The van der Waals surface area contributed by atoms with E-state index >= 15 is 0 Å². The molecule has 3 aliphatic heterocycles. The number of carbonyl (C=O) groups is 1. The molecule has 3 aliphatic rings. The first-order chi connectivity index (χ1) is 19.8. The van der Waals surface area contributed by atoms with Crippen molar-refractivity contribution in [3.05, 3.63) is 69.6 Å². The SMILES string of the molecule is CCC1=C(CC)c2cc3[n-]c(cc4nc(cc5[n-]c(cc1n2)C(=O)C5(CC)CC)C(CC)=C4CC)c(CC)c3CC.[Zn+2]. The van der Waals surface area contributed by atoms with Crippen molar-refractivity contribution < 1.29 is 24.3 Å². The zero-order valence-electron chi connectivity index (χ0n) is 26.9. The molecule has 2 aromatic heterocycles. The Kier molecular flexibility index (Phi) is 9.77. The van der Waals surface area contributed by atoms with Crippen LogP contribution in [0.1, 0.15) is 144 Å². The maximum absolute atomic E-state index is 14.1. The van der Waals surface area contributed by atoms with Gasteiger partial charge in [-0.2, -0.15) is 0 Å². The van der Waals surface area contributed by atoms with Gasteiger partial charge in [0.25, 0.3) is 0 Å². The van der Waals surface area contributed by atoms with E-state index in [0.717, 1.165) is 78.0 Å². The van der Waals surface area contributed by atoms with Crippen molar-refractivity contribution in [2.75, 3.05) is 0 Å². The fourth-order valence-electron chi connectivity index (χ4n) is 7.17. The van der Waals surface area contributed by atoms with Crippen LogP contribution < -0.4 is 9.97 Å². The van der Waals surface area contributed by atoms with E-state index in [0.29, 0.717) is 18.5 Å².